The van der Waals surface area contributed by atoms with Crippen molar-refractivity contribution in [1.29, 1.82) is 0 Å². The van der Waals surface area contributed by atoms with Gasteiger partial charge in [0.15, 0.2) is 0 Å². The van der Waals surface area contributed by atoms with Crippen molar-refractivity contribution in [2.24, 2.45) is 0 Å². The van der Waals surface area contributed by atoms with E-state index in [0.717, 1.165) is 28.9 Å². The second-order valence-corrected chi connectivity index (χ2v) is 6.51. The van der Waals surface area contributed by atoms with Crippen LogP contribution in [0.1, 0.15) is 17.5 Å². The molecule has 5 nitrogen and oxygen atoms in total. The van der Waals surface area contributed by atoms with E-state index in [1.807, 2.05) is 53.4 Å². The molecule has 1 saturated heterocycles. The lowest BCUT2D eigenvalue weighted by Crippen LogP contribution is -2.41. The molecule has 0 unspecified atom stereocenters. The van der Waals surface area contributed by atoms with Gasteiger partial charge in [-0.1, -0.05) is 30.3 Å². The molecule has 2 aliphatic rings. The lowest BCUT2D eigenvalue weighted by Gasteiger charge is -2.28. The largest absolute Gasteiger partial charge is 0.379 e. The fourth-order valence-electron chi connectivity index (χ4n) is 3.50. The average molecular weight is 336 g/mol. The number of rotatable bonds is 4. The Bertz CT molecular complexity index is 798. The number of ether oxygens (including phenoxy) is 1. The predicted molar refractivity (Wildman–Crippen MR) is 95.6 cm³/mol. The molecule has 0 aromatic heterocycles. The Morgan fingerprint density at radius 1 is 1.20 bits per heavy atom. The van der Waals surface area contributed by atoms with Gasteiger partial charge in [-0.3, -0.25) is 9.59 Å². The number of amides is 2. The number of nitrogens with one attached hydrogen (secondary N) is 1. The van der Waals surface area contributed by atoms with Gasteiger partial charge in [-0.25, -0.2) is 0 Å². The van der Waals surface area contributed by atoms with Gasteiger partial charge in [0, 0.05) is 18.0 Å². The molecule has 2 aromatic rings. The van der Waals surface area contributed by atoms with E-state index in [4.69, 9.17) is 4.74 Å². The third-order valence-corrected chi connectivity index (χ3v) is 4.73. The molecule has 0 radical (unpaired) electrons. The third kappa shape index (κ3) is 3.28. The van der Waals surface area contributed by atoms with Crippen LogP contribution in [0.3, 0.4) is 0 Å². The third-order valence-electron chi connectivity index (χ3n) is 4.73. The van der Waals surface area contributed by atoms with Gasteiger partial charge in [0.2, 0.25) is 11.8 Å². The zero-order valence-electron chi connectivity index (χ0n) is 13.9. The van der Waals surface area contributed by atoms with Crippen LogP contribution >= 0.6 is 0 Å². The summed E-state index contributed by atoms with van der Waals surface area (Å²) in [6, 6.07) is 15.6. The summed E-state index contributed by atoms with van der Waals surface area (Å²) in [6.07, 6.45) is 1.56. The van der Waals surface area contributed by atoms with Gasteiger partial charge in [-0.2, -0.15) is 0 Å². The highest BCUT2D eigenvalue weighted by Crippen LogP contribution is 2.26. The Morgan fingerprint density at radius 3 is 2.80 bits per heavy atom. The number of nitrogens with zero attached hydrogens (tertiary/aromatic N) is 1. The topological polar surface area (TPSA) is 58.6 Å². The van der Waals surface area contributed by atoms with Gasteiger partial charge in [0.1, 0.15) is 0 Å². The summed E-state index contributed by atoms with van der Waals surface area (Å²) in [6.45, 7) is 1.26. The molecule has 0 saturated carbocycles. The van der Waals surface area contributed by atoms with Crippen molar-refractivity contribution in [2.45, 2.75) is 25.3 Å². The highest BCUT2D eigenvalue weighted by atomic mass is 16.5. The van der Waals surface area contributed by atoms with E-state index >= 15 is 0 Å². The quantitative estimate of drug-likeness (QED) is 0.933. The van der Waals surface area contributed by atoms with Crippen LogP contribution in [0, 0.1) is 0 Å². The van der Waals surface area contributed by atoms with Crippen molar-refractivity contribution in [1.82, 2.24) is 0 Å². The van der Waals surface area contributed by atoms with E-state index in [9.17, 15) is 9.59 Å². The Morgan fingerprint density at radius 2 is 2.04 bits per heavy atom. The molecule has 0 aliphatic carbocycles. The molecular weight excluding hydrogens is 316 g/mol. The summed E-state index contributed by atoms with van der Waals surface area (Å²) in [5.74, 6) is 0.0541. The van der Waals surface area contributed by atoms with Crippen LogP contribution in [-0.2, 0) is 27.2 Å². The number of anilines is 2. The molecule has 0 bridgehead atoms. The lowest BCUT2D eigenvalue weighted by molar-refractivity contribution is -0.118. The highest BCUT2D eigenvalue weighted by molar-refractivity contribution is 6.00. The number of carbonyl (C=O) groups excluding carboxylic acids is 2. The second-order valence-electron chi connectivity index (χ2n) is 6.51. The molecule has 2 heterocycles. The molecule has 5 heteroatoms. The first-order chi connectivity index (χ1) is 12.2. The van der Waals surface area contributed by atoms with Gasteiger partial charge in [-0.05, 0) is 35.7 Å². The molecule has 1 N–H and O–H groups in total. The summed E-state index contributed by atoms with van der Waals surface area (Å²) < 4.78 is 5.49. The predicted octanol–water partition coefficient (Wildman–Crippen LogP) is 2.55. The maximum atomic E-state index is 13.0. The Hall–Kier alpha value is -2.66. The summed E-state index contributed by atoms with van der Waals surface area (Å²) in [7, 11) is 0. The van der Waals surface area contributed by atoms with Crippen molar-refractivity contribution < 1.29 is 14.3 Å². The molecule has 2 aliphatic heterocycles. The number of hydrogen-bond donors (Lipinski definition) is 1. The molecule has 1 atom stereocenters. The summed E-state index contributed by atoms with van der Waals surface area (Å²) in [4.78, 5) is 26.4. The average Bonchev–Trinajstić information content (AvgIpc) is 3.24. The van der Waals surface area contributed by atoms with Crippen LogP contribution < -0.4 is 10.2 Å². The van der Waals surface area contributed by atoms with Gasteiger partial charge in [0.25, 0.3) is 0 Å². The van der Waals surface area contributed by atoms with Crippen LogP contribution in [0.4, 0.5) is 11.4 Å². The molecule has 4 rings (SSSR count). The smallest absolute Gasteiger partial charge is 0.231 e. The molecular formula is C20H20N2O3. The van der Waals surface area contributed by atoms with Crippen molar-refractivity contribution >= 4 is 23.2 Å². The SMILES string of the molecule is O=C1Cc2ccc(CC(=O)N(c3ccccc3)[C@H]3CCOC3)cc2N1. The van der Waals surface area contributed by atoms with Gasteiger partial charge < -0.3 is 15.0 Å². The summed E-state index contributed by atoms with van der Waals surface area (Å²) in [5, 5.41) is 2.84. The van der Waals surface area contributed by atoms with Crippen molar-refractivity contribution in [2.75, 3.05) is 23.4 Å². The molecule has 1 fully saturated rings. The molecule has 0 spiro atoms. The molecule has 25 heavy (non-hydrogen) atoms. The number of carbonyl (C=O) groups is 2. The molecule has 2 aromatic carbocycles. The van der Waals surface area contributed by atoms with Crippen molar-refractivity contribution in [3.05, 3.63) is 59.7 Å². The van der Waals surface area contributed by atoms with E-state index in [1.54, 1.807) is 0 Å². The number of hydrogen-bond acceptors (Lipinski definition) is 3. The van der Waals surface area contributed by atoms with E-state index in [2.05, 4.69) is 5.32 Å². The van der Waals surface area contributed by atoms with E-state index in [1.165, 1.54) is 0 Å². The molecule has 128 valence electrons. The number of benzene rings is 2. The van der Waals surface area contributed by atoms with E-state index in [-0.39, 0.29) is 17.9 Å². The maximum Gasteiger partial charge on any atom is 0.231 e. The van der Waals surface area contributed by atoms with Crippen molar-refractivity contribution in [3.8, 4) is 0 Å². The normalized spacial score (nSPS) is 18.7. The highest BCUT2D eigenvalue weighted by Gasteiger charge is 2.29. The number of fused-ring (bicyclic) bond motifs is 1. The van der Waals surface area contributed by atoms with Crippen LogP contribution in [0.5, 0.6) is 0 Å². The van der Waals surface area contributed by atoms with Crippen LogP contribution in [-0.4, -0.2) is 31.1 Å². The minimum atomic E-state index is 0.00694. The minimum Gasteiger partial charge on any atom is -0.379 e. The Labute approximate surface area is 146 Å². The zero-order chi connectivity index (χ0) is 17.2. The summed E-state index contributed by atoms with van der Waals surface area (Å²) >= 11 is 0. The second kappa shape index (κ2) is 6.69. The zero-order valence-corrected chi connectivity index (χ0v) is 13.9. The minimum absolute atomic E-state index is 0.00694. The maximum absolute atomic E-state index is 13.0. The van der Waals surface area contributed by atoms with Crippen LogP contribution in [0.25, 0.3) is 0 Å². The molecule has 2 amide bonds. The monoisotopic (exact) mass is 336 g/mol. The fraction of sp³-hybridized carbons (Fsp3) is 0.300. The first kappa shape index (κ1) is 15.8. The number of para-hydroxylation sites is 1. The van der Waals surface area contributed by atoms with Crippen molar-refractivity contribution in [3.63, 3.8) is 0 Å². The Balaban J connectivity index is 1.57. The van der Waals surface area contributed by atoms with E-state index in [0.29, 0.717) is 26.1 Å². The van der Waals surface area contributed by atoms with Gasteiger partial charge >= 0.3 is 0 Å². The van der Waals surface area contributed by atoms with Crippen LogP contribution in [0.2, 0.25) is 0 Å². The Kier molecular flexibility index (Phi) is 4.24. The lowest BCUT2D eigenvalue weighted by atomic mass is 10.0. The standard InChI is InChI=1S/C20H20N2O3/c23-19-12-15-7-6-14(10-18(15)21-19)11-20(24)22(17-8-9-25-13-17)16-4-2-1-3-5-16/h1-7,10,17H,8-9,11-13H2,(H,21,23)/t17-/m0/s1. The first-order valence-electron chi connectivity index (χ1n) is 8.57. The van der Waals surface area contributed by atoms with Crippen LogP contribution in [0.15, 0.2) is 48.5 Å². The first-order valence-corrected chi connectivity index (χ1v) is 8.57. The van der Waals surface area contributed by atoms with E-state index < -0.39 is 0 Å². The fourth-order valence-corrected chi connectivity index (χ4v) is 3.50. The van der Waals surface area contributed by atoms with Gasteiger partial charge in [0.05, 0.1) is 25.5 Å². The van der Waals surface area contributed by atoms with Gasteiger partial charge in [-0.15, -0.1) is 0 Å². The summed E-state index contributed by atoms with van der Waals surface area (Å²) in [5.41, 5.74) is 3.62.